The first kappa shape index (κ1) is 8.53. The summed E-state index contributed by atoms with van der Waals surface area (Å²) in [5.74, 6) is 0.297. The molecule has 3 nitrogen and oxygen atoms in total. The third kappa shape index (κ3) is 2.50. The summed E-state index contributed by atoms with van der Waals surface area (Å²) in [6.45, 7) is 3.75. The van der Waals surface area contributed by atoms with Crippen LogP contribution in [0.1, 0.15) is 26.2 Å². The van der Waals surface area contributed by atoms with Crippen LogP contribution in [0.15, 0.2) is 0 Å². The van der Waals surface area contributed by atoms with Gasteiger partial charge in [-0.15, -0.1) is 0 Å². The van der Waals surface area contributed by atoms with E-state index in [4.69, 9.17) is 5.73 Å². The molecule has 0 aliphatic carbocycles. The Morgan fingerprint density at radius 3 is 2.91 bits per heavy atom. The minimum Gasteiger partial charge on any atom is -0.343 e. The smallest absolute Gasteiger partial charge is 0.222 e. The summed E-state index contributed by atoms with van der Waals surface area (Å²) >= 11 is 0. The zero-order valence-electron chi connectivity index (χ0n) is 7.05. The molecule has 0 saturated carbocycles. The van der Waals surface area contributed by atoms with Crippen molar-refractivity contribution in [2.45, 2.75) is 32.2 Å². The molecule has 0 spiro atoms. The summed E-state index contributed by atoms with van der Waals surface area (Å²) in [6, 6.07) is 0.211. The maximum atomic E-state index is 11.1. The molecule has 0 aromatic rings. The number of carbonyl (C=O) groups is 1. The zero-order chi connectivity index (χ0) is 8.27. The van der Waals surface area contributed by atoms with Gasteiger partial charge in [0.2, 0.25) is 5.91 Å². The van der Waals surface area contributed by atoms with Crippen molar-refractivity contribution < 1.29 is 4.79 Å². The molecule has 1 rings (SSSR count). The van der Waals surface area contributed by atoms with E-state index in [1.54, 1.807) is 0 Å². The van der Waals surface area contributed by atoms with Crippen LogP contribution in [-0.4, -0.2) is 29.9 Å². The van der Waals surface area contributed by atoms with Crippen LogP contribution in [0, 0.1) is 0 Å². The summed E-state index contributed by atoms with van der Waals surface area (Å²) in [4.78, 5) is 13.0. The molecular formula is C8H16N2O. The molecule has 1 amide bonds. The summed E-state index contributed by atoms with van der Waals surface area (Å²) in [7, 11) is 0. The van der Waals surface area contributed by atoms with Crippen LogP contribution in [0.4, 0.5) is 0 Å². The van der Waals surface area contributed by atoms with Gasteiger partial charge in [0.05, 0.1) is 0 Å². The second-order valence-corrected chi connectivity index (χ2v) is 3.25. The number of hydrogen-bond acceptors (Lipinski definition) is 2. The number of amides is 1. The molecular weight excluding hydrogens is 140 g/mol. The average Bonchev–Trinajstić information content (AvgIpc) is 2.31. The Bertz CT molecular complexity index is 145. The molecule has 1 fully saturated rings. The lowest BCUT2D eigenvalue weighted by atomic mass is 10.2. The quantitative estimate of drug-likeness (QED) is 0.640. The minimum absolute atomic E-state index is 0.211. The van der Waals surface area contributed by atoms with E-state index >= 15 is 0 Å². The predicted molar refractivity (Wildman–Crippen MR) is 44.1 cm³/mol. The van der Waals surface area contributed by atoms with Crippen LogP contribution in [0.25, 0.3) is 0 Å². The van der Waals surface area contributed by atoms with Gasteiger partial charge in [-0.3, -0.25) is 4.79 Å². The van der Waals surface area contributed by atoms with Gasteiger partial charge in [-0.2, -0.15) is 0 Å². The molecule has 1 saturated heterocycles. The first-order chi connectivity index (χ1) is 5.20. The highest BCUT2D eigenvalue weighted by Gasteiger charge is 2.19. The lowest BCUT2D eigenvalue weighted by Crippen LogP contribution is -2.29. The van der Waals surface area contributed by atoms with Gasteiger partial charge in [-0.05, 0) is 19.8 Å². The van der Waals surface area contributed by atoms with E-state index < -0.39 is 0 Å². The number of rotatable bonds is 3. The highest BCUT2D eigenvalue weighted by Crippen LogP contribution is 2.09. The molecule has 0 aromatic heterocycles. The maximum Gasteiger partial charge on any atom is 0.222 e. The van der Waals surface area contributed by atoms with E-state index in [-0.39, 0.29) is 6.04 Å². The summed E-state index contributed by atoms with van der Waals surface area (Å²) in [6.07, 6.45) is 2.68. The van der Waals surface area contributed by atoms with Crippen molar-refractivity contribution in [3.8, 4) is 0 Å². The van der Waals surface area contributed by atoms with Gasteiger partial charge in [0.25, 0.3) is 0 Å². The van der Waals surface area contributed by atoms with E-state index in [2.05, 4.69) is 0 Å². The van der Waals surface area contributed by atoms with Gasteiger partial charge < -0.3 is 10.6 Å². The molecule has 1 heterocycles. The Morgan fingerprint density at radius 1 is 1.73 bits per heavy atom. The van der Waals surface area contributed by atoms with Crippen molar-refractivity contribution >= 4 is 5.91 Å². The highest BCUT2D eigenvalue weighted by atomic mass is 16.2. The number of carbonyl (C=O) groups excluding carboxylic acids is 1. The summed E-state index contributed by atoms with van der Waals surface area (Å²) in [5.41, 5.74) is 5.58. The molecule has 1 aliphatic rings. The Labute approximate surface area is 67.5 Å². The van der Waals surface area contributed by atoms with Crippen molar-refractivity contribution in [2.24, 2.45) is 5.73 Å². The van der Waals surface area contributed by atoms with E-state index in [1.807, 2.05) is 11.8 Å². The van der Waals surface area contributed by atoms with E-state index in [9.17, 15) is 4.79 Å². The lowest BCUT2D eigenvalue weighted by Gasteiger charge is -2.16. The van der Waals surface area contributed by atoms with Crippen LogP contribution < -0.4 is 5.73 Å². The largest absolute Gasteiger partial charge is 0.343 e. The van der Waals surface area contributed by atoms with Gasteiger partial charge in [0, 0.05) is 25.6 Å². The molecule has 11 heavy (non-hydrogen) atoms. The summed E-state index contributed by atoms with van der Waals surface area (Å²) < 4.78 is 0. The van der Waals surface area contributed by atoms with E-state index in [1.165, 1.54) is 0 Å². The van der Waals surface area contributed by atoms with Crippen molar-refractivity contribution in [3.63, 3.8) is 0 Å². The molecule has 0 unspecified atom stereocenters. The molecule has 0 bridgehead atoms. The molecule has 64 valence electrons. The molecule has 0 radical (unpaired) electrons. The first-order valence-corrected chi connectivity index (χ1v) is 4.23. The second kappa shape index (κ2) is 3.72. The van der Waals surface area contributed by atoms with Crippen LogP contribution in [0.3, 0.4) is 0 Å². The third-order valence-corrected chi connectivity index (χ3v) is 2.03. The molecule has 2 N–H and O–H groups in total. The fourth-order valence-corrected chi connectivity index (χ4v) is 1.30. The molecule has 1 atom stereocenters. The number of nitrogens with zero attached hydrogens (tertiary/aromatic N) is 1. The van der Waals surface area contributed by atoms with Crippen LogP contribution in [-0.2, 0) is 4.79 Å². The maximum absolute atomic E-state index is 11.1. The standard InChI is InChI=1S/C8H16N2O/c1-7(9)4-6-10-5-2-3-8(10)11/h7H,2-6,9H2,1H3/t7-/m0/s1. The second-order valence-electron chi connectivity index (χ2n) is 3.25. The Balaban J connectivity index is 2.20. The van der Waals surface area contributed by atoms with Crippen LogP contribution >= 0.6 is 0 Å². The average molecular weight is 156 g/mol. The summed E-state index contributed by atoms with van der Waals surface area (Å²) in [5, 5.41) is 0. The van der Waals surface area contributed by atoms with Gasteiger partial charge in [0.15, 0.2) is 0 Å². The Morgan fingerprint density at radius 2 is 2.45 bits per heavy atom. The normalized spacial score (nSPS) is 20.9. The van der Waals surface area contributed by atoms with Crippen molar-refractivity contribution in [1.82, 2.24) is 4.90 Å². The van der Waals surface area contributed by atoms with Gasteiger partial charge in [0.1, 0.15) is 0 Å². The number of hydrogen-bond donors (Lipinski definition) is 1. The SMILES string of the molecule is C[C@H](N)CCN1CCCC1=O. The fourth-order valence-electron chi connectivity index (χ4n) is 1.30. The topological polar surface area (TPSA) is 46.3 Å². The molecule has 0 aromatic carbocycles. The number of nitrogens with two attached hydrogens (primary N) is 1. The van der Waals surface area contributed by atoms with Crippen LogP contribution in [0.2, 0.25) is 0 Å². The van der Waals surface area contributed by atoms with E-state index in [0.29, 0.717) is 5.91 Å². The van der Waals surface area contributed by atoms with Crippen molar-refractivity contribution in [1.29, 1.82) is 0 Å². The van der Waals surface area contributed by atoms with E-state index in [0.717, 1.165) is 32.4 Å². The Hall–Kier alpha value is -0.570. The fraction of sp³-hybridized carbons (Fsp3) is 0.875. The predicted octanol–water partition coefficient (Wildman–Crippen LogP) is 0.346. The minimum atomic E-state index is 0.211. The Kier molecular flexibility index (Phi) is 2.88. The monoisotopic (exact) mass is 156 g/mol. The number of likely N-dealkylation sites (tertiary alicyclic amines) is 1. The van der Waals surface area contributed by atoms with Gasteiger partial charge >= 0.3 is 0 Å². The zero-order valence-corrected chi connectivity index (χ0v) is 7.05. The molecule has 3 heteroatoms. The third-order valence-electron chi connectivity index (χ3n) is 2.03. The highest BCUT2D eigenvalue weighted by molar-refractivity contribution is 5.77. The van der Waals surface area contributed by atoms with Crippen LogP contribution in [0.5, 0.6) is 0 Å². The van der Waals surface area contributed by atoms with Crippen molar-refractivity contribution in [2.75, 3.05) is 13.1 Å². The first-order valence-electron chi connectivity index (χ1n) is 4.23. The van der Waals surface area contributed by atoms with Gasteiger partial charge in [-0.1, -0.05) is 0 Å². The lowest BCUT2D eigenvalue weighted by molar-refractivity contribution is -0.127. The molecule has 1 aliphatic heterocycles. The van der Waals surface area contributed by atoms with Crippen molar-refractivity contribution in [3.05, 3.63) is 0 Å². The van der Waals surface area contributed by atoms with Gasteiger partial charge in [-0.25, -0.2) is 0 Å².